The minimum atomic E-state index is -0.415. The zero-order chi connectivity index (χ0) is 12.7. The maximum Gasteiger partial charge on any atom is 0.341 e. The molecule has 0 radical (unpaired) electrons. The van der Waals surface area contributed by atoms with E-state index >= 15 is 0 Å². The van der Waals surface area contributed by atoms with Gasteiger partial charge in [-0.2, -0.15) is 0 Å². The van der Waals surface area contributed by atoms with Gasteiger partial charge in [0.1, 0.15) is 0 Å². The fourth-order valence-electron chi connectivity index (χ4n) is 1.07. The smallest absolute Gasteiger partial charge is 0.341 e. The number of esters is 1. The molecule has 2 N–H and O–H groups in total. The Morgan fingerprint density at radius 3 is 2.38 bits per heavy atom. The lowest BCUT2D eigenvalue weighted by atomic mass is 10.1. The second-order valence-electron chi connectivity index (χ2n) is 4.00. The van der Waals surface area contributed by atoms with Crippen molar-refractivity contribution in [2.24, 2.45) is 16.6 Å². The molecule has 0 bridgehead atoms. The molecule has 0 amide bonds. The number of carbonyl (C=O) groups excluding carboxylic acids is 1. The van der Waals surface area contributed by atoms with Crippen LogP contribution in [-0.2, 0) is 9.53 Å². The summed E-state index contributed by atoms with van der Waals surface area (Å²) in [7, 11) is 0. The number of hydrogen-bond donors (Lipinski definition) is 1. The molecule has 0 saturated heterocycles. The normalized spacial score (nSPS) is 15.1. The first-order valence-corrected chi connectivity index (χ1v) is 5.57. The number of carbonyl (C=O) groups is 1. The highest BCUT2D eigenvalue weighted by Gasteiger charge is 2.15. The number of nitrogens with two attached hydrogens (primary N) is 1. The van der Waals surface area contributed by atoms with Crippen molar-refractivity contribution in [3.8, 4) is 0 Å². The van der Waals surface area contributed by atoms with Crippen molar-refractivity contribution in [2.75, 3.05) is 6.61 Å². The molecule has 0 spiro atoms. The molecule has 0 aromatic rings. The lowest BCUT2D eigenvalue weighted by Gasteiger charge is -2.13. The Morgan fingerprint density at radius 2 is 2.00 bits per heavy atom. The lowest BCUT2D eigenvalue weighted by Crippen LogP contribution is -2.18. The van der Waals surface area contributed by atoms with Gasteiger partial charge in [0.15, 0.2) is 0 Å². The molecule has 0 aromatic heterocycles. The summed E-state index contributed by atoms with van der Waals surface area (Å²) in [6, 6.07) is 0.157. The van der Waals surface area contributed by atoms with Crippen LogP contribution in [0.2, 0.25) is 0 Å². The van der Waals surface area contributed by atoms with Crippen LogP contribution in [0.15, 0.2) is 16.8 Å². The van der Waals surface area contributed by atoms with E-state index in [0.717, 1.165) is 0 Å². The fourth-order valence-corrected chi connectivity index (χ4v) is 1.07. The Hall–Kier alpha value is -1.32. The third-order valence-electron chi connectivity index (χ3n) is 2.41. The molecule has 1 unspecified atom stereocenters. The van der Waals surface area contributed by atoms with E-state index in [1.54, 1.807) is 13.8 Å². The molecule has 0 heterocycles. The van der Waals surface area contributed by atoms with E-state index in [-0.39, 0.29) is 6.04 Å². The van der Waals surface area contributed by atoms with E-state index in [9.17, 15) is 4.79 Å². The third-order valence-corrected chi connectivity index (χ3v) is 2.41. The van der Waals surface area contributed by atoms with Gasteiger partial charge in [-0.1, -0.05) is 13.8 Å². The van der Waals surface area contributed by atoms with Gasteiger partial charge in [-0.25, -0.2) is 4.79 Å². The first-order valence-electron chi connectivity index (χ1n) is 5.57. The van der Waals surface area contributed by atoms with Gasteiger partial charge in [-0.15, -0.1) is 0 Å². The van der Waals surface area contributed by atoms with Crippen molar-refractivity contribution < 1.29 is 9.53 Å². The topological polar surface area (TPSA) is 64.7 Å². The van der Waals surface area contributed by atoms with Crippen molar-refractivity contribution in [1.29, 1.82) is 0 Å². The number of nitrogens with zero attached hydrogens (tertiary/aromatic N) is 1. The molecule has 4 heteroatoms. The van der Waals surface area contributed by atoms with E-state index in [1.807, 2.05) is 6.92 Å². The highest BCUT2D eigenvalue weighted by Crippen LogP contribution is 2.09. The lowest BCUT2D eigenvalue weighted by molar-refractivity contribution is -0.137. The maximum absolute atomic E-state index is 11.5. The van der Waals surface area contributed by atoms with Gasteiger partial charge in [0.2, 0.25) is 0 Å². The van der Waals surface area contributed by atoms with Gasteiger partial charge in [-0.3, -0.25) is 4.99 Å². The number of hydrogen-bond acceptors (Lipinski definition) is 4. The van der Waals surface area contributed by atoms with Crippen LogP contribution >= 0.6 is 0 Å². The van der Waals surface area contributed by atoms with Crippen LogP contribution in [0.25, 0.3) is 0 Å². The average Bonchev–Trinajstić information content (AvgIpc) is 2.18. The Balaban J connectivity index is 4.79. The van der Waals surface area contributed by atoms with E-state index in [4.69, 9.17) is 10.5 Å². The fraction of sp³-hybridized carbons (Fsp3) is 0.667. The van der Waals surface area contributed by atoms with Gasteiger partial charge in [-0.05, 0) is 26.7 Å². The summed E-state index contributed by atoms with van der Waals surface area (Å²) in [5.41, 5.74) is 6.38. The van der Waals surface area contributed by atoms with Crippen molar-refractivity contribution >= 4 is 11.7 Å². The summed E-state index contributed by atoms with van der Waals surface area (Å²) >= 11 is 0. The summed E-state index contributed by atoms with van der Waals surface area (Å²) in [6.45, 7) is 10.0. The zero-order valence-electron chi connectivity index (χ0n) is 10.8. The van der Waals surface area contributed by atoms with Crippen LogP contribution in [-0.4, -0.2) is 24.3 Å². The molecule has 0 saturated carbocycles. The number of aliphatic imine (C=N–C) groups is 1. The molecule has 92 valence electrons. The Morgan fingerprint density at radius 1 is 1.44 bits per heavy atom. The van der Waals surface area contributed by atoms with Gasteiger partial charge in [0.25, 0.3) is 0 Å². The van der Waals surface area contributed by atoms with Gasteiger partial charge in [0, 0.05) is 18.0 Å². The van der Waals surface area contributed by atoms with Crippen LogP contribution < -0.4 is 5.73 Å². The summed E-state index contributed by atoms with van der Waals surface area (Å²) in [4.78, 5) is 15.9. The van der Waals surface area contributed by atoms with Crippen molar-refractivity contribution in [3.05, 3.63) is 11.8 Å². The van der Waals surface area contributed by atoms with E-state index < -0.39 is 5.97 Å². The summed E-state index contributed by atoms with van der Waals surface area (Å²) in [5, 5.41) is 0. The van der Waals surface area contributed by atoms with Crippen molar-refractivity contribution in [1.82, 2.24) is 0 Å². The van der Waals surface area contributed by atoms with Gasteiger partial charge >= 0.3 is 5.97 Å². The monoisotopic (exact) mass is 226 g/mol. The molecule has 0 rings (SSSR count). The molecule has 0 fully saturated rings. The molecule has 0 aromatic carbocycles. The molecule has 0 aliphatic carbocycles. The van der Waals surface area contributed by atoms with E-state index in [0.29, 0.717) is 23.8 Å². The molecule has 0 aliphatic heterocycles. The van der Waals surface area contributed by atoms with Crippen molar-refractivity contribution in [3.63, 3.8) is 0 Å². The van der Waals surface area contributed by atoms with Crippen LogP contribution in [0, 0.1) is 5.92 Å². The molecular weight excluding hydrogens is 204 g/mol. The first kappa shape index (κ1) is 14.7. The minimum absolute atomic E-state index is 0.157. The van der Waals surface area contributed by atoms with Gasteiger partial charge < -0.3 is 10.5 Å². The second kappa shape index (κ2) is 7.04. The largest absolute Gasteiger partial charge is 0.462 e. The molecule has 0 aliphatic rings. The summed E-state index contributed by atoms with van der Waals surface area (Å²) in [6.07, 6.45) is 1.25. The third kappa shape index (κ3) is 4.47. The number of rotatable bonds is 5. The van der Waals surface area contributed by atoms with Crippen LogP contribution in [0.5, 0.6) is 0 Å². The SMILES string of the molecule is CCOC(=O)C(=CN)C(C)=NC(C)C(C)C. The van der Waals surface area contributed by atoms with Crippen LogP contribution in [0.3, 0.4) is 0 Å². The second-order valence-corrected chi connectivity index (χ2v) is 4.00. The van der Waals surface area contributed by atoms with E-state index in [1.165, 1.54) is 6.20 Å². The molecular formula is C12H22N2O2. The van der Waals surface area contributed by atoms with E-state index in [2.05, 4.69) is 18.8 Å². The molecule has 16 heavy (non-hydrogen) atoms. The summed E-state index contributed by atoms with van der Waals surface area (Å²) < 4.78 is 4.89. The predicted molar refractivity (Wildman–Crippen MR) is 66.3 cm³/mol. The van der Waals surface area contributed by atoms with Crippen LogP contribution in [0.1, 0.15) is 34.6 Å². The Labute approximate surface area is 97.6 Å². The maximum atomic E-state index is 11.5. The standard InChI is InChI=1S/C12H22N2O2/c1-6-16-12(15)11(7-13)10(5)14-9(4)8(2)3/h7-9H,6,13H2,1-5H3. The average molecular weight is 226 g/mol. The highest BCUT2D eigenvalue weighted by molar-refractivity contribution is 6.18. The molecule has 4 nitrogen and oxygen atoms in total. The minimum Gasteiger partial charge on any atom is -0.462 e. The van der Waals surface area contributed by atoms with Gasteiger partial charge in [0.05, 0.1) is 12.2 Å². The zero-order valence-corrected chi connectivity index (χ0v) is 10.8. The molecule has 1 atom stereocenters. The summed E-state index contributed by atoms with van der Waals surface area (Å²) in [5.74, 6) is 0.0124. The number of ether oxygens (including phenoxy) is 1. The highest BCUT2D eigenvalue weighted by atomic mass is 16.5. The Bertz CT molecular complexity index is 293. The predicted octanol–water partition coefficient (Wildman–Crippen LogP) is 1.90. The quantitative estimate of drug-likeness (QED) is 0.442. The first-order chi connectivity index (χ1) is 7.43. The van der Waals surface area contributed by atoms with Crippen LogP contribution in [0.4, 0.5) is 0 Å². The Kier molecular flexibility index (Phi) is 6.46. The van der Waals surface area contributed by atoms with Crippen molar-refractivity contribution in [2.45, 2.75) is 40.7 Å².